The molecule has 0 unspecified atom stereocenters. The van der Waals surface area contributed by atoms with Crippen molar-refractivity contribution in [2.24, 2.45) is 0 Å². The first-order valence-corrected chi connectivity index (χ1v) is 9.85. The van der Waals surface area contributed by atoms with E-state index in [1.807, 2.05) is 6.92 Å². The van der Waals surface area contributed by atoms with E-state index in [2.05, 4.69) is 5.32 Å². The molecule has 0 bridgehead atoms. The van der Waals surface area contributed by atoms with Crippen LogP contribution in [0.2, 0.25) is 0 Å². The summed E-state index contributed by atoms with van der Waals surface area (Å²) in [7, 11) is -3.59. The molecule has 1 fully saturated rings. The minimum absolute atomic E-state index is 0.167. The van der Waals surface area contributed by atoms with Crippen molar-refractivity contribution in [3.63, 3.8) is 0 Å². The van der Waals surface area contributed by atoms with Gasteiger partial charge in [-0.25, -0.2) is 13.2 Å². The largest absolute Gasteiger partial charge is 0.508 e. The van der Waals surface area contributed by atoms with Crippen molar-refractivity contribution in [2.75, 3.05) is 31.5 Å². The Balaban J connectivity index is 1.62. The van der Waals surface area contributed by atoms with E-state index in [1.54, 1.807) is 24.3 Å². The highest BCUT2D eigenvalue weighted by atomic mass is 32.2. The molecule has 2 aromatic rings. The zero-order chi connectivity index (χ0) is 19.6. The number of nitrogens with one attached hydrogen (secondary N) is 1. The quantitative estimate of drug-likeness (QED) is 0.741. The smallest absolute Gasteiger partial charge is 0.321 e. The molecule has 0 atom stereocenters. The van der Waals surface area contributed by atoms with E-state index in [4.69, 9.17) is 0 Å². The molecule has 0 radical (unpaired) electrons. The van der Waals surface area contributed by atoms with Crippen LogP contribution >= 0.6 is 0 Å². The number of sulfonamides is 1. The number of hydrogen-bond donors (Lipinski definition) is 3. The third kappa shape index (κ3) is 4.32. The molecule has 3 rings (SSSR count). The maximum atomic E-state index is 12.7. The normalized spacial score (nSPS) is 15.5. The summed E-state index contributed by atoms with van der Waals surface area (Å²) in [6, 6.07) is 10.0. The molecular weight excluding hydrogens is 370 g/mol. The third-order valence-corrected chi connectivity index (χ3v) is 6.25. The summed E-state index contributed by atoms with van der Waals surface area (Å²) in [5, 5.41) is 21.5. The fourth-order valence-electron chi connectivity index (χ4n) is 2.86. The third-order valence-electron chi connectivity index (χ3n) is 4.34. The fraction of sp³-hybridized carbons (Fsp3) is 0.278. The van der Waals surface area contributed by atoms with Crippen LogP contribution in [0.4, 0.5) is 10.5 Å². The van der Waals surface area contributed by atoms with Gasteiger partial charge in [-0.2, -0.15) is 4.31 Å². The minimum Gasteiger partial charge on any atom is -0.508 e. The number of anilines is 1. The standard InChI is InChI=1S/C18H21N3O5S/c1-13-2-4-17(5-3-13)27(25,26)21-8-6-20(7-9-21)18(24)19-14-10-15(22)12-16(23)11-14/h2-5,10-12,22-23H,6-9H2,1H3,(H,19,24). The Hall–Kier alpha value is -2.78. The van der Waals surface area contributed by atoms with E-state index in [-0.39, 0.29) is 48.3 Å². The Bertz CT molecular complexity index is 916. The number of rotatable bonds is 3. The highest BCUT2D eigenvalue weighted by molar-refractivity contribution is 7.89. The van der Waals surface area contributed by atoms with Crippen molar-refractivity contribution in [2.45, 2.75) is 11.8 Å². The summed E-state index contributed by atoms with van der Waals surface area (Å²) in [4.78, 5) is 14.1. The first kappa shape index (κ1) is 19.0. The summed E-state index contributed by atoms with van der Waals surface area (Å²) < 4.78 is 26.7. The van der Waals surface area contributed by atoms with Crippen molar-refractivity contribution in [1.29, 1.82) is 0 Å². The van der Waals surface area contributed by atoms with Gasteiger partial charge in [0.2, 0.25) is 10.0 Å². The second-order valence-corrected chi connectivity index (χ2v) is 8.31. The van der Waals surface area contributed by atoms with Crippen molar-refractivity contribution in [3.8, 4) is 11.5 Å². The lowest BCUT2D eigenvalue weighted by Crippen LogP contribution is -2.51. The van der Waals surface area contributed by atoms with Crippen molar-refractivity contribution >= 4 is 21.7 Å². The lowest BCUT2D eigenvalue weighted by molar-refractivity contribution is 0.184. The molecule has 3 N–H and O–H groups in total. The van der Waals surface area contributed by atoms with Crippen LogP contribution in [0.1, 0.15) is 5.56 Å². The average Bonchev–Trinajstić information content (AvgIpc) is 2.61. The topological polar surface area (TPSA) is 110 Å². The number of carbonyl (C=O) groups is 1. The van der Waals surface area contributed by atoms with Crippen LogP contribution < -0.4 is 5.32 Å². The van der Waals surface area contributed by atoms with Gasteiger partial charge in [0.25, 0.3) is 0 Å². The molecule has 0 aliphatic carbocycles. The lowest BCUT2D eigenvalue weighted by atomic mass is 10.2. The van der Waals surface area contributed by atoms with Crippen molar-refractivity contribution in [3.05, 3.63) is 48.0 Å². The number of benzene rings is 2. The zero-order valence-electron chi connectivity index (χ0n) is 14.8. The van der Waals surface area contributed by atoms with Gasteiger partial charge in [-0.15, -0.1) is 0 Å². The van der Waals surface area contributed by atoms with E-state index < -0.39 is 16.1 Å². The van der Waals surface area contributed by atoms with Gasteiger partial charge in [0, 0.05) is 50.1 Å². The van der Waals surface area contributed by atoms with Gasteiger partial charge in [-0.3, -0.25) is 0 Å². The molecular formula is C18H21N3O5S. The van der Waals surface area contributed by atoms with Gasteiger partial charge in [-0.05, 0) is 19.1 Å². The Labute approximate surface area is 157 Å². The molecule has 8 nitrogen and oxygen atoms in total. The van der Waals surface area contributed by atoms with Gasteiger partial charge in [0.1, 0.15) is 11.5 Å². The van der Waals surface area contributed by atoms with Crippen molar-refractivity contribution < 1.29 is 23.4 Å². The molecule has 27 heavy (non-hydrogen) atoms. The summed E-state index contributed by atoms with van der Waals surface area (Å²) in [5.41, 5.74) is 1.24. The van der Waals surface area contributed by atoms with Crippen LogP contribution in [0.3, 0.4) is 0 Å². The molecule has 2 amide bonds. The Kier molecular flexibility index (Phi) is 5.24. The number of nitrogens with zero attached hydrogens (tertiary/aromatic N) is 2. The molecule has 0 aromatic heterocycles. The number of hydrogen-bond acceptors (Lipinski definition) is 5. The molecule has 2 aromatic carbocycles. The van der Waals surface area contributed by atoms with E-state index in [9.17, 15) is 23.4 Å². The van der Waals surface area contributed by atoms with Crippen molar-refractivity contribution in [1.82, 2.24) is 9.21 Å². The van der Waals surface area contributed by atoms with Gasteiger partial charge < -0.3 is 20.4 Å². The van der Waals surface area contributed by atoms with Crippen LogP contribution in [-0.2, 0) is 10.0 Å². The predicted molar refractivity (Wildman–Crippen MR) is 100 cm³/mol. The van der Waals surface area contributed by atoms with Crippen LogP contribution in [0.5, 0.6) is 11.5 Å². The zero-order valence-corrected chi connectivity index (χ0v) is 15.6. The Morgan fingerprint density at radius 2 is 1.52 bits per heavy atom. The first-order chi connectivity index (χ1) is 12.8. The van der Waals surface area contributed by atoms with Crippen LogP contribution in [0.25, 0.3) is 0 Å². The molecule has 1 aliphatic heterocycles. The van der Waals surface area contributed by atoms with E-state index in [0.717, 1.165) is 11.6 Å². The number of aryl methyl sites for hydroxylation is 1. The molecule has 1 aliphatic rings. The summed E-state index contributed by atoms with van der Waals surface area (Å²) in [6.45, 7) is 2.74. The maximum absolute atomic E-state index is 12.7. The molecule has 1 saturated heterocycles. The van der Waals surface area contributed by atoms with E-state index in [1.165, 1.54) is 21.3 Å². The van der Waals surface area contributed by atoms with Crippen LogP contribution in [0, 0.1) is 6.92 Å². The number of urea groups is 1. The summed E-state index contributed by atoms with van der Waals surface area (Å²) in [5.74, 6) is -0.335. The molecule has 0 saturated carbocycles. The summed E-state index contributed by atoms with van der Waals surface area (Å²) in [6.07, 6.45) is 0. The number of aromatic hydroxyl groups is 2. The predicted octanol–water partition coefficient (Wildman–Crippen LogP) is 1.94. The van der Waals surface area contributed by atoms with E-state index >= 15 is 0 Å². The SMILES string of the molecule is Cc1ccc(S(=O)(=O)N2CCN(C(=O)Nc3cc(O)cc(O)c3)CC2)cc1. The number of amides is 2. The van der Waals surface area contributed by atoms with Crippen LogP contribution in [0.15, 0.2) is 47.4 Å². The van der Waals surface area contributed by atoms with Gasteiger partial charge in [0.15, 0.2) is 0 Å². The van der Waals surface area contributed by atoms with Gasteiger partial charge in [-0.1, -0.05) is 17.7 Å². The number of phenolic OH excluding ortho intramolecular Hbond substituents is 2. The van der Waals surface area contributed by atoms with Crippen LogP contribution in [-0.4, -0.2) is 60.0 Å². The number of phenols is 2. The maximum Gasteiger partial charge on any atom is 0.321 e. The van der Waals surface area contributed by atoms with E-state index in [0.29, 0.717) is 0 Å². The Morgan fingerprint density at radius 1 is 0.963 bits per heavy atom. The molecule has 9 heteroatoms. The fourth-order valence-corrected chi connectivity index (χ4v) is 4.28. The second kappa shape index (κ2) is 7.45. The minimum atomic E-state index is -3.59. The average molecular weight is 391 g/mol. The highest BCUT2D eigenvalue weighted by Gasteiger charge is 2.30. The first-order valence-electron chi connectivity index (χ1n) is 8.41. The molecule has 1 heterocycles. The highest BCUT2D eigenvalue weighted by Crippen LogP contribution is 2.24. The van der Waals surface area contributed by atoms with Gasteiger partial charge >= 0.3 is 6.03 Å². The Morgan fingerprint density at radius 3 is 2.07 bits per heavy atom. The molecule has 0 spiro atoms. The monoisotopic (exact) mass is 391 g/mol. The summed E-state index contributed by atoms with van der Waals surface area (Å²) >= 11 is 0. The second-order valence-electron chi connectivity index (χ2n) is 6.37. The number of piperazine rings is 1. The lowest BCUT2D eigenvalue weighted by Gasteiger charge is -2.34. The van der Waals surface area contributed by atoms with Gasteiger partial charge in [0.05, 0.1) is 4.90 Å². The molecule has 144 valence electrons. The number of carbonyl (C=O) groups excluding carboxylic acids is 1.